The second-order valence-corrected chi connectivity index (χ2v) is 3.91. The molecule has 0 aliphatic rings. The number of aliphatic hydroxyl groups excluding tert-OH is 1. The maximum Gasteiger partial charge on any atom is 0.273 e. The molecule has 0 spiro atoms. The van der Waals surface area contributed by atoms with Gasteiger partial charge >= 0.3 is 0 Å². The number of non-ortho nitro benzene ring substituents is 1. The van der Waals surface area contributed by atoms with Crippen molar-refractivity contribution in [3.63, 3.8) is 0 Å². The van der Waals surface area contributed by atoms with Gasteiger partial charge in [-0.1, -0.05) is 0 Å². The number of nitro groups is 1. The van der Waals surface area contributed by atoms with Crippen LogP contribution in [0.1, 0.15) is 19.8 Å². The fourth-order valence-electron chi connectivity index (χ4n) is 1.59. The molecule has 100 valence electrons. The average Bonchev–Trinajstić information content (AvgIpc) is 2.35. The van der Waals surface area contributed by atoms with Crippen molar-refractivity contribution in [1.29, 1.82) is 0 Å². The highest BCUT2D eigenvalue weighted by Gasteiger charge is 2.09. The third-order valence-corrected chi connectivity index (χ3v) is 2.42. The van der Waals surface area contributed by atoms with Crippen LogP contribution in [0.15, 0.2) is 18.2 Å². The van der Waals surface area contributed by atoms with Crippen LogP contribution >= 0.6 is 0 Å². The van der Waals surface area contributed by atoms with Gasteiger partial charge in [-0.2, -0.15) is 0 Å². The van der Waals surface area contributed by atoms with E-state index >= 15 is 0 Å². The Labute approximate surface area is 106 Å². The van der Waals surface area contributed by atoms with Gasteiger partial charge in [-0.05, 0) is 25.8 Å². The Hall–Kier alpha value is -1.82. The van der Waals surface area contributed by atoms with Crippen LogP contribution in [-0.2, 0) is 0 Å². The molecule has 0 heterocycles. The molecule has 0 atom stereocenters. The molecule has 0 aliphatic heterocycles. The molecular formula is C12H19N3O3. The number of unbranched alkanes of at least 4 members (excludes halogenated alkanes) is 1. The van der Waals surface area contributed by atoms with Gasteiger partial charge in [-0.3, -0.25) is 10.1 Å². The first kappa shape index (κ1) is 14.2. The number of hydrogen-bond donors (Lipinski definition) is 3. The maximum atomic E-state index is 10.8. The summed E-state index contributed by atoms with van der Waals surface area (Å²) in [7, 11) is 0. The zero-order valence-corrected chi connectivity index (χ0v) is 10.5. The lowest BCUT2D eigenvalue weighted by atomic mass is 10.2. The molecule has 0 unspecified atom stereocenters. The molecule has 1 rings (SSSR count). The van der Waals surface area contributed by atoms with Gasteiger partial charge < -0.3 is 15.7 Å². The van der Waals surface area contributed by atoms with Crippen LogP contribution in [0.5, 0.6) is 0 Å². The number of aliphatic hydroxyl groups is 1. The summed E-state index contributed by atoms with van der Waals surface area (Å²) in [6, 6.07) is 4.87. The number of nitro benzene ring substituents is 1. The fourth-order valence-corrected chi connectivity index (χ4v) is 1.59. The van der Waals surface area contributed by atoms with Gasteiger partial charge in [0.15, 0.2) is 0 Å². The Morgan fingerprint density at radius 3 is 2.44 bits per heavy atom. The summed E-state index contributed by atoms with van der Waals surface area (Å²) in [6.45, 7) is 3.50. The molecule has 0 saturated heterocycles. The molecule has 3 N–H and O–H groups in total. The van der Waals surface area contributed by atoms with Gasteiger partial charge in [0.2, 0.25) is 0 Å². The van der Waals surface area contributed by atoms with E-state index in [0.29, 0.717) is 13.1 Å². The maximum absolute atomic E-state index is 10.8. The summed E-state index contributed by atoms with van der Waals surface area (Å²) >= 11 is 0. The third kappa shape index (κ3) is 4.58. The van der Waals surface area contributed by atoms with Crippen molar-refractivity contribution >= 4 is 17.1 Å². The molecular weight excluding hydrogens is 234 g/mol. The number of nitrogens with zero attached hydrogens (tertiary/aromatic N) is 1. The summed E-state index contributed by atoms with van der Waals surface area (Å²) in [5, 5.41) is 25.6. The second-order valence-electron chi connectivity index (χ2n) is 3.91. The third-order valence-electron chi connectivity index (χ3n) is 2.42. The molecule has 0 bridgehead atoms. The lowest BCUT2D eigenvalue weighted by Crippen LogP contribution is -2.04. The van der Waals surface area contributed by atoms with E-state index in [1.54, 1.807) is 0 Å². The van der Waals surface area contributed by atoms with Gasteiger partial charge in [0.05, 0.1) is 4.92 Å². The number of hydrogen-bond acceptors (Lipinski definition) is 5. The monoisotopic (exact) mass is 253 g/mol. The van der Waals surface area contributed by atoms with Crippen LogP contribution in [0, 0.1) is 10.1 Å². The standard InChI is InChI=1S/C12H19N3O3/c1-2-13-10-7-11(14-5-3-4-6-16)9-12(8-10)15(17)18/h7-9,13-14,16H,2-6H2,1H3. The number of anilines is 2. The first-order chi connectivity index (χ1) is 8.67. The normalized spacial score (nSPS) is 10.1. The van der Waals surface area contributed by atoms with Crippen molar-refractivity contribution in [2.75, 3.05) is 30.3 Å². The topological polar surface area (TPSA) is 87.4 Å². The van der Waals surface area contributed by atoms with E-state index in [2.05, 4.69) is 10.6 Å². The largest absolute Gasteiger partial charge is 0.396 e. The van der Waals surface area contributed by atoms with Crippen molar-refractivity contribution in [2.24, 2.45) is 0 Å². The summed E-state index contributed by atoms with van der Waals surface area (Å²) in [5.74, 6) is 0. The first-order valence-corrected chi connectivity index (χ1v) is 6.05. The zero-order chi connectivity index (χ0) is 13.4. The highest BCUT2D eigenvalue weighted by molar-refractivity contribution is 5.63. The quantitative estimate of drug-likeness (QED) is 0.375. The SMILES string of the molecule is CCNc1cc(NCCCCO)cc([N+](=O)[O-])c1. The van der Waals surface area contributed by atoms with Gasteiger partial charge in [0.1, 0.15) is 0 Å². The van der Waals surface area contributed by atoms with Crippen LogP contribution in [0.2, 0.25) is 0 Å². The minimum absolute atomic E-state index is 0.0677. The van der Waals surface area contributed by atoms with Crippen molar-refractivity contribution in [3.05, 3.63) is 28.3 Å². The molecule has 0 amide bonds. The smallest absolute Gasteiger partial charge is 0.273 e. The van der Waals surface area contributed by atoms with Gasteiger partial charge in [0.25, 0.3) is 5.69 Å². The lowest BCUT2D eigenvalue weighted by molar-refractivity contribution is -0.384. The Morgan fingerprint density at radius 1 is 1.22 bits per heavy atom. The van der Waals surface area contributed by atoms with Crippen LogP contribution in [0.25, 0.3) is 0 Å². The summed E-state index contributed by atoms with van der Waals surface area (Å²) < 4.78 is 0. The molecule has 1 aromatic rings. The Morgan fingerprint density at radius 2 is 1.89 bits per heavy atom. The fraction of sp³-hybridized carbons (Fsp3) is 0.500. The predicted octanol–water partition coefficient (Wildman–Crippen LogP) is 2.21. The average molecular weight is 253 g/mol. The molecule has 6 nitrogen and oxygen atoms in total. The number of rotatable bonds is 8. The number of nitrogens with one attached hydrogen (secondary N) is 2. The summed E-state index contributed by atoms with van der Waals surface area (Å²) in [4.78, 5) is 10.4. The van der Waals surface area contributed by atoms with Crippen molar-refractivity contribution in [1.82, 2.24) is 0 Å². The lowest BCUT2D eigenvalue weighted by Gasteiger charge is -2.09. The van der Waals surface area contributed by atoms with Crippen molar-refractivity contribution in [3.8, 4) is 0 Å². The molecule has 1 aromatic carbocycles. The molecule has 0 saturated carbocycles. The minimum Gasteiger partial charge on any atom is -0.396 e. The summed E-state index contributed by atoms with van der Waals surface area (Å²) in [5.41, 5.74) is 1.52. The highest BCUT2D eigenvalue weighted by Crippen LogP contribution is 2.24. The van der Waals surface area contributed by atoms with E-state index in [1.165, 1.54) is 12.1 Å². The van der Waals surface area contributed by atoms with Gasteiger partial charge in [-0.15, -0.1) is 0 Å². The minimum atomic E-state index is -0.403. The van der Waals surface area contributed by atoms with E-state index in [0.717, 1.165) is 24.2 Å². The van der Waals surface area contributed by atoms with E-state index in [9.17, 15) is 10.1 Å². The predicted molar refractivity (Wildman–Crippen MR) is 72.1 cm³/mol. The first-order valence-electron chi connectivity index (χ1n) is 6.05. The van der Waals surface area contributed by atoms with Crippen LogP contribution in [-0.4, -0.2) is 29.7 Å². The second kappa shape index (κ2) is 7.50. The molecule has 6 heteroatoms. The van der Waals surface area contributed by atoms with Gasteiger partial charge in [0, 0.05) is 43.2 Å². The Kier molecular flexibility index (Phi) is 5.93. The van der Waals surface area contributed by atoms with E-state index in [4.69, 9.17) is 5.11 Å². The van der Waals surface area contributed by atoms with E-state index < -0.39 is 4.92 Å². The Balaban J connectivity index is 2.72. The van der Waals surface area contributed by atoms with Gasteiger partial charge in [-0.25, -0.2) is 0 Å². The highest BCUT2D eigenvalue weighted by atomic mass is 16.6. The molecule has 0 radical (unpaired) electrons. The molecule has 0 aliphatic carbocycles. The summed E-state index contributed by atoms with van der Waals surface area (Å²) in [6.07, 6.45) is 1.55. The van der Waals surface area contributed by atoms with Crippen LogP contribution in [0.4, 0.5) is 17.1 Å². The number of benzene rings is 1. The Bertz CT molecular complexity index is 396. The molecule has 18 heavy (non-hydrogen) atoms. The van der Waals surface area contributed by atoms with Crippen LogP contribution < -0.4 is 10.6 Å². The van der Waals surface area contributed by atoms with E-state index in [-0.39, 0.29) is 12.3 Å². The van der Waals surface area contributed by atoms with E-state index in [1.807, 2.05) is 13.0 Å². The van der Waals surface area contributed by atoms with Crippen LogP contribution in [0.3, 0.4) is 0 Å². The zero-order valence-electron chi connectivity index (χ0n) is 10.5. The van der Waals surface area contributed by atoms with Crippen molar-refractivity contribution in [2.45, 2.75) is 19.8 Å². The molecule has 0 aromatic heterocycles. The molecule has 0 fully saturated rings. The van der Waals surface area contributed by atoms with Crippen molar-refractivity contribution < 1.29 is 10.0 Å².